The van der Waals surface area contributed by atoms with E-state index in [0.717, 1.165) is 16.9 Å². The number of hydrogen-bond acceptors (Lipinski definition) is 13. The summed E-state index contributed by atoms with van der Waals surface area (Å²) in [7, 11) is 1.56. The molecule has 0 saturated carbocycles. The van der Waals surface area contributed by atoms with Crippen LogP contribution in [0.4, 0.5) is 5.82 Å². The maximum absolute atomic E-state index is 5.95. The first kappa shape index (κ1) is 31.4. The van der Waals surface area contributed by atoms with Gasteiger partial charge >= 0.3 is 0 Å². The Morgan fingerprint density at radius 3 is 2.21 bits per heavy atom. The lowest BCUT2D eigenvalue weighted by atomic mass is 10.2. The lowest BCUT2D eigenvalue weighted by Gasteiger charge is -2.13. The normalized spacial score (nSPS) is 10.9. The van der Waals surface area contributed by atoms with Crippen molar-refractivity contribution in [3.63, 3.8) is 0 Å². The Labute approximate surface area is 249 Å². The molecule has 1 aromatic carbocycles. The summed E-state index contributed by atoms with van der Waals surface area (Å²) in [6.45, 7) is 4.43. The quantitative estimate of drug-likeness (QED) is 0.127. The van der Waals surface area contributed by atoms with E-state index in [-0.39, 0.29) is 18.3 Å². The fourth-order valence-corrected chi connectivity index (χ4v) is 3.66. The molecule has 5 N–H and O–H groups in total. The molecule has 3 aromatic heterocycles. The topological polar surface area (TPSA) is 184 Å². The lowest BCUT2D eigenvalue weighted by molar-refractivity contribution is 0.0106. The second-order valence-corrected chi connectivity index (χ2v) is 8.95. The zero-order valence-corrected chi connectivity index (χ0v) is 24.1. The molecule has 4 rings (SSSR count). The van der Waals surface area contributed by atoms with E-state index in [1.807, 2.05) is 24.3 Å². The minimum Gasteiger partial charge on any atom is -0.493 e. The predicted octanol–water partition coefficient (Wildman–Crippen LogP) is 2.40. The molecule has 0 fully saturated rings. The van der Waals surface area contributed by atoms with E-state index in [1.54, 1.807) is 38.0 Å². The zero-order valence-electron chi connectivity index (χ0n) is 24.1. The van der Waals surface area contributed by atoms with Crippen LogP contribution in [-0.2, 0) is 27.4 Å². The molecule has 0 radical (unpaired) electrons. The number of aromatic amines is 1. The Kier molecular flexibility index (Phi) is 12.8. The summed E-state index contributed by atoms with van der Waals surface area (Å²) < 4.78 is 39.1. The highest BCUT2D eigenvalue weighted by molar-refractivity contribution is 5.58. The van der Waals surface area contributed by atoms with Gasteiger partial charge in [-0.1, -0.05) is 12.1 Å². The van der Waals surface area contributed by atoms with Gasteiger partial charge in [0.05, 0.1) is 76.7 Å². The Hall–Kier alpha value is -4.50. The molecule has 3 heterocycles. The lowest BCUT2D eigenvalue weighted by Crippen LogP contribution is -2.14. The van der Waals surface area contributed by atoms with Crippen molar-refractivity contribution in [3.8, 4) is 34.4 Å². The highest BCUT2D eigenvalue weighted by atomic mass is 16.6. The number of nitrogen functional groups attached to an aromatic ring is 1. The number of nitrogens with zero attached hydrogens (tertiary/aromatic N) is 4. The smallest absolute Gasteiger partial charge is 0.258 e. The summed E-state index contributed by atoms with van der Waals surface area (Å²) in [4.78, 5) is 13.0. The summed E-state index contributed by atoms with van der Waals surface area (Å²) in [5, 5.41) is 6.66. The van der Waals surface area contributed by atoms with E-state index >= 15 is 0 Å². The van der Waals surface area contributed by atoms with E-state index in [1.165, 1.54) is 0 Å². The van der Waals surface area contributed by atoms with Crippen molar-refractivity contribution < 1.29 is 33.2 Å². The zero-order chi connectivity index (χ0) is 30.1. The summed E-state index contributed by atoms with van der Waals surface area (Å²) in [5.41, 5.74) is 14.2. The molecule has 230 valence electrons. The highest BCUT2D eigenvalue weighted by Crippen LogP contribution is 2.29. The number of nitrogens with two attached hydrogens (primary N) is 2. The van der Waals surface area contributed by atoms with Crippen LogP contribution in [0.5, 0.6) is 23.1 Å². The van der Waals surface area contributed by atoms with Gasteiger partial charge in [-0.3, -0.25) is 10.1 Å². The van der Waals surface area contributed by atoms with Crippen molar-refractivity contribution in [2.24, 2.45) is 5.73 Å². The van der Waals surface area contributed by atoms with Gasteiger partial charge in [0, 0.05) is 24.4 Å². The van der Waals surface area contributed by atoms with Crippen molar-refractivity contribution in [2.45, 2.75) is 13.2 Å². The highest BCUT2D eigenvalue weighted by Gasteiger charge is 2.12. The first-order valence-electron chi connectivity index (χ1n) is 13.7. The van der Waals surface area contributed by atoms with E-state index in [9.17, 15) is 0 Å². The SMILES string of the molecule is COc1cc(COc2nc(-c3cn[nH]c3)cnc2N)ncc1OCc1ccc(OCCOCCOCCOCCN)cc1. The van der Waals surface area contributed by atoms with Crippen LogP contribution in [0.3, 0.4) is 0 Å². The van der Waals surface area contributed by atoms with Crippen LogP contribution in [0.1, 0.15) is 11.3 Å². The maximum atomic E-state index is 5.95. The van der Waals surface area contributed by atoms with Crippen LogP contribution in [0.2, 0.25) is 0 Å². The van der Waals surface area contributed by atoms with Crippen LogP contribution in [0.15, 0.2) is 55.1 Å². The molecule has 0 spiro atoms. The molecule has 0 atom stereocenters. The van der Waals surface area contributed by atoms with Crippen LogP contribution in [-0.4, -0.2) is 85.1 Å². The number of anilines is 1. The third-order valence-electron chi connectivity index (χ3n) is 5.85. The molecule has 4 aromatic rings. The molecule has 43 heavy (non-hydrogen) atoms. The molecule has 0 amide bonds. The molecule has 0 bridgehead atoms. The summed E-state index contributed by atoms with van der Waals surface area (Å²) in [6, 6.07) is 9.37. The average Bonchev–Trinajstić information content (AvgIpc) is 3.58. The van der Waals surface area contributed by atoms with Crippen molar-refractivity contribution in [3.05, 3.63) is 66.4 Å². The van der Waals surface area contributed by atoms with Crippen molar-refractivity contribution >= 4 is 5.82 Å². The number of aromatic nitrogens is 5. The standard InChI is InChI=1S/C29H37N7O7/c1-37-26-14-23(20-43-29-28(31)33-17-25(36-29)22-15-34-35-16-22)32-18-27(26)42-19-21-2-4-24(5-3-21)41-13-12-40-11-10-39-9-8-38-7-6-30/h2-5,14-18H,6-13,19-20,30H2,1H3,(H2,31,33)(H,34,35). The minimum absolute atomic E-state index is 0.107. The molecule has 0 aliphatic rings. The first-order chi connectivity index (χ1) is 21.2. The molecule has 14 nitrogen and oxygen atoms in total. The van der Waals surface area contributed by atoms with E-state index in [0.29, 0.717) is 82.3 Å². The molecule has 14 heteroatoms. The Morgan fingerprint density at radius 1 is 0.767 bits per heavy atom. The van der Waals surface area contributed by atoms with Crippen LogP contribution >= 0.6 is 0 Å². The van der Waals surface area contributed by atoms with Gasteiger partial charge in [-0.05, 0) is 17.7 Å². The molecular weight excluding hydrogens is 558 g/mol. The van der Waals surface area contributed by atoms with Gasteiger partial charge in [-0.25, -0.2) is 9.97 Å². The number of rotatable bonds is 20. The Morgan fingerprint density at radius 2 is 1.51 bits per heavy atom. The Balaban J connectivity index is 1.17. The van der Waals surface area contributed by atoms with Gasteiger partial charge in [-0.2, -0.15) is 5.10 Å². The second-order valence-electron chi connectivity index (χ2n) is 8.95. The van der Waals surface area contributed by atoms with Crippen molar-refractivity contribution in [1.82, 2.24) is 25.1 Å². The van der Waals surface area contributed by atoms with Crippen molar-refractivity contribution in [2.75, 3.05) is 65.6 Å². The number of ether oxygens (including phenoxy) is 7. The number of hydrogen-bond donors (Lipinski definition) is 3. The first-order valence-corrected chi connectivity index (χ1v) is 13.7. The second kappa shape index (κ2) is 17.5. The van der Waals surface area contributed by atoms with Crippen molar-refractivity contribution in [1.29, 1.82) is 0 Å². The summed E-state index contributed by atoms with van der Waals surface area (Å²) in [5.74, 6) is 2.13. The van der Waals surface area contributed by atoms with E-state index in [2.05, 4.69) is 25.1 Å². The average molecular weight is 596 g/mol. The van der Waals surface area contributed by atoms with Gasteiger partial charge in [0.15, 0.2) is 17.3 Å². The largest absolute Gasteiger partial charge is 0.493 e. The number of methoxy groups -OCH3 is 1. The van der Waals surface area contributed by atoms with Gasteiger partial charge in [0.1, 0.15) is 25.6 Å². The van der Waals surface area contributed by atoms with Crippen LogP contribution < -0.4 is 30.4 Å². The monoisotopic (exact) mass is 595 g/mol. The van der Waals surface area contributed by atoms with E-state index < -0.39 is 0 Å². The molecule has 0 aliphatic heterocycles. The number of H-pyrrole nitrogens is 1. The van der Waals surface area contributed by atoms with Gasteiger partial charge < -0.3 is 44.6 Å². The third kappa shape index (κ3) is 10.4. The third-order valence-corrected chi connectivity index (χ3v) is 5.85. The van der Waals surface area contributed by atoms with Gasteiger partial charge in [0.2, 0.25) is 0 Å². The molecular formula is C29H37N7O7. The molecule has 0 aliphatic carbocycles. The van der Waals surface area contributed by atoms with Gasteiger partial charge in [-0.15, -0.1) is 0 Å². The minimum atomic E-state index is 0.107. The van der Waals surface area contributed by atoms with Crippen LogP contribution in [0, 0.1) is 0 Å². The van der Waals surface area contributed by atoms with E-state index in [4.69, 9.17) is 44.6 Å². The van der Waals surface area contributed by atoms with Crippen LogP contribution in [0.25, 0.3) is 11.3 Å². The fourth-order valence-electron chi connectivity index (χ4n) is 3.66. The molecule has 0 unspecified atom stereocenters. The van der Waals surface area contributed by atoms with Gasteiger partial charge in [0.25, 0.3) is 5.88 Å². The molecule has 0 saturated heterocycles. The summed E-state index contributed by atoms with van der Waals surface area (Å²) >= 11 is 0. The number of pyridine rings is 1. The fraction of sp³-hybridized carbons (Fsp3) is 0.379. The number of benzene rings is 1. The number of nitrogens with one attached hydrogen (secondary N) is 1. The maximum Gasteiger partial charge on any atom is 0.258 e. The predicted molar refractivity (Wildman–Crippen MR) is 157 cm³/mol. The summed E-state index contributed by atoms with van der Waals surface area (Å²) in [6.07, 6.45) is 6.49. The Bertz CT molecular complexity index is 1360.